The molecular weight excluding hydrogens is 511 g/mol. The molecule has 10 nitrogen and oxygen atoms in total. The smallest absolute Gasteiger partial charge is 0.241 e. The summed E-state index contributed by atoms with van der Waals surface area (Å²) in [4.78, 5) is 27.8. The number of likely N-dealkylation sites (N-methyl/N-ethyl adjacent to an activating group) is 1. The number of ether oxygens (including phenoxy) is 1. The van der Waals surface area contributed by atoms with Gasteiger partial charge in [0, 0.05) is 62.5 Å². The predicted molar refractivity (Wildman–Crippen MR) is 144 cm³/mol. The molecule has 1 unspecified atom stereocenters. The minimum absolute atomic E-state index is 0.0503. The average molecular weight is 539 g/mol. The molecule has 1 saturated heterocycles. The van der Waals surface area contributed by atoms with Gasteiger partial charge in [0.05, 0.1) is 29.7 Å². The average Bonchev–Trinajstić information content (AvgIpc) is 3.33. The van der Waals surface area contributed by atoms with Gasteiger partial charge in [-0.1, -0.05) is 11.6 Å². The van der Waals surface area contributed by atoms with Crippen molar-refractivity contribution in [3.05, 3.63) is 65.1 Å². The number of carbonyl (C=O) groups excluding carboxylic acids is 1. The first kappa shape index (κ1) is 25.7. The van der Waals surface area contributed by atoms with Crippen molar-refractivity contribution < 1.29 is 13.9 Å². The molecule has 0 aliphatic carbocycles. The first-order valence-electron chi connectivity index (χ1n) is 12.1. The molecule has 1 aliphatic rings. The lowest BCUT2D eigenvalue weighted by Crippen LogP contribution is -2.62. The number of pyridine rings is 1. The number of nitrogens with one attached hydrogen (secondary N) is 1. The molecule has 0 radical (unpaired) electrons. The minimum atomic E-state index is -1.03. The summed E-state index contributed by atoms with van der Waals surface area (Å²) < 4.78 is 21.5. The first-order chi connectivity index (χ1) is 18.2. The maximum atomic E-state index is 14.6. The van der Waals surface area contributed by atoms with Crippen molar-refractivity contribution in [2.75, 3.05) is 37.9 Å². The lowest BCUT2D eigenvalue weighted by atomic mass is 9.88. The highest BCUT2D eigenvalue weighted by molar-refractivity contribution is 6.33. The number of nitrogen functional groups attached to an aromatic ring is 1. The molecule has 1 aromatic carbocycles. The van der Waals surface area contributed by atoms with E-state index in [4.69, 9.17) is 27.8 Å². The molecule has 1 aliphatic heterocycles. The Balaban J connectivity index is 1.61. The number of hydrogen-bond donors (Lipinski definition) is 3. The summed E-state index contributed by atoms with van der Waals surface area (Å²) in [6, 6.07) is 4.61. The second-order valence-corrected chi connectivity index (χ2v) is 9.76. The number of hydrogen-bond acceptors (Lipinski definition) is 8. The van der Waals surface area contributed by atoms with Crippen LogP contribution in [0.25, 0.3) is 16.9 Å². The molecule has 3 aromatic heterocycles. The fourth-order valence-electron chi connectivity index (χ4n) is 4.98. The van der Waals surface area contributed by atoms with Crippen molar-refractivity contribution in [3.63, 3.8) is 0 Å². The molecule has 12 heteroatoms. The van der Waals surface area contributed by atoms with Crippen molar-refractivity contribution >= 4 is 34.7 Å². The van der Waals surface area contributed by atoms with Crippen LogP contribution in [0.2, 0.25) is 5.02 Å². The van der Waals surface area contributed by atoms with Gasteiger partial charge in [-0.2, -0.15) is 0 Å². The Morgan fingerprint density at radius 3 is 2.84 bits per heavy atom. The van der Waals surface area contributed by atoms with Crippen LogP contribution in [0, 0.1) is 5.82 Å². The van der Waals surface area contributed by atoms with Crippen molar-refractivity contribution in [2.45, 2.75) is 24.8 Å². The van der Waals surface area contributed by atoms with E-state index in [-0.39, 0.29) is 11.7 Å². The number of methoxy groups -OCH3 is 1. The number of carbonyl (C=O) groups is 1. The summed E-state index contributed by atoms with van der Waals surface area (Å²) in [5.74, 6) is -0.379. The first-order valence-corrected chi connectivity index (χ1v) is 12.5. The van der Waals surface area contributed by atoms with Crippen LogP contribution in [-0.4, -0.2) is 58.0 Å². The van der Waals surface area contributed by atoms with Crippen LogP contribution < -0.4 is 26.4 Å². The molecule has 4 aromatic rings. The molecule has 1 fully saturated rings. The summed E-state index contributed by atoms with van der Waals surface area (Å²) in [7, 11) is 2.97. The fraction of sp³-hybridized carbons (Fsp3) is 0.308. The van der Waals surface area contributed by atoms with Gasteiger partial charge in [0.25, 0.3) is 0 Å². The number of amides is 1. The topological polar surface area (TPSA) is 137 Å². The Morgan fingerprint density at radius 2 is 2.08 bits per heavy atom. The van der Waals surface area contributed by atoms with Crippen LogP contribution in [0.3, 0.4) is 0 Å². The third kappa shape index (κ3) is 4.59. The predicted octanol–water partition coefficient (Wildman–Crippen LogP) is 2.81. The number of benzene rings is 1. The molecule has 0 spiro atoms. The zero-order valence-corrected chi connectivity index (χ0v) is 21.8. The third-order valence-electron chi connectivity index (χ3n) is 6.93. The van der Waals surface area contributed by atoms with Crippen molar-refractivity contribution in [3.8, 4) is 17.0 Å². The lowest BCUT2D eigenvalue weighted by molar-refractivity contribution is -0.126. The van der Waals surface area contributed by atoms with E-state index in [9.17, 15) is 9.18 Å². The quantitative estimate of drug-likeness (QED) is 0.341. The molecule has 198 valence electrons. The van der Waals surface area contributed by atoms with Crippen LogP contribution in [0.4, 0.5) is 15.9 Å². The van der Waals surface area contributed by atoms with Gasteiger partial charge in [0.15, 0.2) is 23.0 Å². The Kier molecular flexibility index (Phi) is 6.80. The maximum Gasteiger partial charge on any atom is 0.241 e. The number of halogens is 2. The summed E-state index contributed by atoms with van der Waals surface area (Å²) in [6.07, 6.45) is 8.62. The van der Waals surface area contributed by atoms with Gasteiger partial charge in [-0.05, 0) is 30.5 Å². The number of nitrogens with zero attached hydrogens (tertiary/aromatic N) is 5. The number of rotatable bonds is 6. The van der Waals surface area contributed by atoms with Crippen molar-refractivity contribution in [1.29, 1.82) is 0 Å². The Morgan fingerprint density at radius 1 is 1.26 bits per heavy atom. The zero-order chi connectivity index (χ0) is 27.0. The number of aromatic nitrogens is 4. The lowest BCUT2D eigenvalue weighted by Gasteiger charge is -2.40. The van der Waals surface area contributed by atoms with Gasteiger partial charge in [-0.15, -0.1) is 0 Å². The zero-order valence-electron chi connectivity index (χ0n) is 21.0. The van der Waals surface area contributed by atoms with E-state index < -0.39 is 11.4 Å². The van der Waals surface area contributed by atoms with Crippen LogP contribution in [0.1, 0.15) is 24.1 Å². The van der Waals surface area contributed by atoms with Crippen LogP contribution >= 0.6 is 11.6 Å². The molecule has 1 amide bonds. The molecule has 5 N–H and O–H groups in total. The molecule has 4 heterocycles. The van der Waals surface area contributed by atoms with Gasteiger partial charge in [-0.25, -0.2) is 14.4 Å². The Hall–Kier alpha value is -3.96. The Labute approximate surface area is 223 Å². The van der Waals surface area contributed by atoms with Gasteiger partial charge >= 0.3 is 0 Å². The van der Waals surface area contributed by atoms with E-state index in [2.05, 4.69) is 25.2 Å². The van der Waals surface area contributed by atoms with Crippen molar-refractivity contribution in [2.24, 2.45) is 5.73 Å². The van der Waals surface area contributed by atoms with Crippen LogP contribution in [0.15, 0.2) is 43.0 Å². The van der Waals surface area contributed by atoms with E-state index in [0.717, 1.165) is 23.4 Å². The molecule has 38 heavy (non-hydrogen) atoms. The highest BCUT2D eigenvalue weighted by Crippen LogP contribution is 2.36. The highest BCUT2D eigenvalue weighted by Gasteiger charge is 2.38. The summed E-state index contributed by atoms with van der Waals surface area (Å²) in [5, 5.41) is 2.99. The second kappa shape index (κ2) is 10.1. The monoisotopic (exact) mass is 538 g/mol. The number of nitrogens with two attached hydrogens (primary N) is 2. The van der Waals surface area contributed by atoms with Crippen LogP contribution in [0.5, 0.6) is 5.75 Å². The fourth-order valence-corrected chi connectivity index (χ4v) is 5.24. The van der Waals surface area contributed by atoms with E-state index in [1.54, 1.807) is 31.8 Å². The second-order valence-electron chi connectivity index (χ2n) is 9.36. The largest absolute Gasteiger partial charge is 0.494 e. The molecule has 5 rings (SSSR count). The molecule has 0 bridgehead atoms. The summed E-state index contributed by atoms with van der Waals surface area (Å²) in [5.41, 5.74) is 15.5. The third-order valence-corrected chi connectivity index (χ3v) is 7.24. The van der Waals surface area contributed by atoms with Crippen LogP contribution in [-0.2, 0) is 11.2 Å². The normalized spacial score (nSPS) is 17.6. The van der Waals surface area contributed by atoms with Crippen molar-refractivity contribution in [1.82, 2.24) is 24.7 Å². The molecular formula is C26H28ClFN8O2. The molecule has 0 saturated carbocycles. The maximum absolute atomic E-state index is 14.6. The SMILES string of the molecule is CNC(=O)C1(N)CCCN(c2cnc(-c3cc(F)c(OC)cc3Cl)cc2Cc2cnc3c(N)nccn23)C1. The number of fused-ring (bicyclic) bond motifs is 1. The summed E-state index contributed by atoms with van der Waals surface area (Å²) in [6.45, 7) is 1.02. The van der Waals surface area contributed by atoms with E-state index in [0.29, 0.717) is 53.7 Å². The standard InChI is InChI=1S/C26H28ClFN8O2/c1-31-25(37)26(30)4-3-6-35(14-26)21-13-33-20(17-10-19(28)22(38-2)11-18(17)27)9-15(21)8-16-12-34-24-23(29)32-5-7-36(16)24/h5,7,9-13H,3-4,6,8,14,30H2,1-2H3,(H2,29,32)(H,31,37). The molecule has 1 atom stereocenters. The number of anilines is 2. The Bertz CT molecular complexity index is 1530. The van der Waals surface area contributed by atoms with Gasteiger partial charge in [0.2, 0.25) is 5.91 Å². The van der Waals surface area contributed by atoms with Gasteiger partial charge in [-0.3, -0.25) is 14.2 Å². The summed E-state index contributed by atoms with van der Waals surface area (Å²) >= 11 is 6.49. The highest BCUT2D eigenvalue weighted by atomic mass is 35.5. The number of piperidine rings is 1. The van der Waals surface area contributed by atoms with Gasteiger partial charge < -0.3 is 26.4 Å². The minimum Gasteiger partial charge on any atom is -0.494 e. The van der Waals surface area contributed by atoms with E-state index in [1.807, 2.05) is 10.5 Å². The van der Waals surface area contributed by atoms with E-state index >= 15 is 0 Å². The number of imidazole rings is 1. The van der Waals surface area contributed by atoms with E-state index in [1.165, 1.54) is 19.2 Å². The van der Waals surface area contributed by atoms with Gasteiger partial charge in [0.1, 0.15) is 5.54 Å².